The van der Waals surface area contributed by atoms with Crippen molar-refractivity contribution in [3.8, 4) is 5.75 Å². The quantitative estimate of drug-likeness (QED) is 0.380. The van der Waals surface area contributed by atoms with Crippen LogP contribution in [0.25, 0.3) is 0 Å². The third-order valence-corrected chi connectivity index (χ3v) is 5.47. The van der Waals surface area contributed by atoms with Crippen LogP contribution in [0.3, 0.4) is 0 Å². The molecule has 0 fully saturated rings. The molecule has 0 unspecified atom stereocenters. The van der Waals surface area contributed by atoms with Gasteiger partial charge in [-0.15, -0.1) is 0 Å². The van der Waals surface area contributed by atoms with Crippen LogP contribution in [0.1, 0.15) is 21.9 Å². The first-order valence-electron chi connectivity index (χ1n) is 9.54. The Morgan fingerprint density at radius 2 is 2.06 bits per heavy atom. The molecule has 0 spiro atoms. The number of hydrogen-bond donors (Lipinski definition) is 1. The Labute approximate surface area is 183 Å². The van der Waals surface area contributed by atoms with E-state index in [4.69, 9.17) is 9.15 Å². The van der Waals surface area contributed by atoms with E-state index in [-0.39, 0.29) is 24.1 Å². The van der Waals surface area contributed by atoms with E-state index in [1.807, 2.05) is 29.9 Å². The average Bonchev–Trinajstić information content (AvgIpc) is 3.40. The lowest BCUT2D eigenvalue weighted by Crippen LogP contribution is -2.11. The molecule has 0 radical (unpaired) electrons. The Hall–Kier alpha value is -3.52. The number of hydrogen-bond acceptors (Lipinski definition) is 5. The largest absolute Gasteiger partial charge is 0.489 e. The topological polar surface area (TPSA) is 69.3 Å². The molecule has 0 aliphatic rings. The van der Waals surface area contributed by atoms with Gasteiger partial charge in [-0.3, -0.25) is 4.79 Å². The molecular weight excluding hydrogens is 417 g/mol. The highest BCUT2D eigenvalue weighted by atomic mass is 32.2. The van der Waals surface area contributed by atoms with Crippen LogP contribution in [0.15, 0.2) is 82.6 Å². The lowest BCUT2D eigenvalue weighted by molar-refractivity contribution is 0.0995. The molecule has 0 saturated heterocycles. The van der Waals surface area contributed by atoms with Crippen LogP contribution >= 0.6 is 11.8 Å². The van der Waals surface area contributed by atoms with Gasteiger partial charge in [-0.25, -0.2) is 9.37 Å². The van der Waals surface area contributed by atoms with Crippen LogP contribution in [0.5, 0.6) is 5.75 Å². The molecule has 0 bridgehead atoms. The van der Waals surface area contributed by atoms with Gasteiger partial charge in [0.25, 0.3) is 5.91 Å². The number of rotatable bonds is 8. The third kappa shape index (κ3) is 5.55. The molecule has 31 heavy (non-hydrogen) atoms. The maximum absolute atomic E-state index is 13.3. The zero-order valence-corrected chi connectivity index (χ0v) is 17.6. The molecule has 6 nitrogen and oxygen atoms in total. The number of imidazole rings is 1. The number of halogens is 1. The number of furan rings is 1. The maximum Gasteiger partial charge on any atom is 0.291 e. The zero-order valence-electron chi connectivity index (χ0n) is 16.7. The first-order valence-corrected chi connectivity index (χ1v) is 10.5. The molecule has 2 heterocycles. The van der Waals surface area contributed by atoms with E-state index in [2.05, 4.69) is 10.3 Å². The minimum absolute atomic E-state index is 0.233. The van der Waals surface area contributed by atoms with Gasteiger partial charge in [-0.2, -0.15) is 0 Å². The number of nitrogens with zero attached hydrogens (tertiary/aromatic N) is 2. The molecular formula is C23H20FN3O3S. The Morgan fingerprint density at radius 3 is 2.87 bits per heavy atom. The smallest absolute Gasteiger partial charge is 0.291 e. The van der Waals surface area contributed by atoms with Gasteiger partial charge in [0.2, 0.25) is 0 Å². The van der Waals surface area contributed by atoms with Crippen LogP contribution in [0.4, 0.5) is 10.1 Å². The van der Waals surface area contributed by atoms with E-state index < -0.39 is 0 Å². The third-order valence-electron chi connectivity index (χ3n) is 4.39. The molecule has 158 valence electrons. The highest BCUT2D eigenvalue weighted by Gasteiger charge is 2.13. The van der Waals surface area contributed by atoms with Crippen molar-refractivity contribution >= 4 is 23.4 Å². The van der Waals surface area contributed by atoms with Gasteiger partial charge in [-0.05, 0) is 42.0 Å². The Kier molecular flexibility index (Phi) is 6.37. The fraction of sp³-hybridized carbons (Fsp3) is 0.130. The number of aromatic nitrogens is 2. The Balaban J connectivity index is 1.33. The van der Waals surface area contributed by atoms with Gasteiger partial charge in [0, 0.05) is 31.2 Å². The fourth-order valence-electron chi connectivity index (χ4n) is 2.86. The van der Waals surface area contributed by atoms with E-state index in [0.29, 0.717) is 22.9 Å². The number of thioether (sulfide) groups is 1. The van der Waals surface area contributed by atoms with Crippen LogP contribution < -0.4 is 10.1 Å². The number of anilines is 1. The van der Waals surface area contributed by atoms with Crippen molar-refractivity contribution in [2.45, 2.75) is 17.5 Å². The van der Waals surface area contributed by atoms with Crippen molar-refractivity contribution in [3.63, 3.8) is 0 Å². The monoisotopic (exact) mass is 437 g/mol. The molecule has 0 aliphatic carbocycles. The average molecular weight is 437 g/mol. The minimum atomic E-state index is -0.352. The van der Waals surface area contributed by atoms with E-state index >= 15 is 0 Å². The highest BCUT2D eigenvalue weighted by Crippen LogP contribution is 2.22. The molecule has 0 saturated carbocycles. The Bertz CT molecular complexity index is 1190. The van der Waals surface area contributed by atoms with Crippen LogP contribution in [0, 0.1) is 5.82 Å². The lowest BCUT2D eigenvalue weighted by Gasteiger charge is -2.09. The van der Waals surface area contributed by atoms with Gasteiger partial charge in [0.15, 0.2) is 10.9 Å². The molecule has 4 rings (SSSR count). The number of aryl methyl sites for hydroxylation is 1. The second-order valence-electron chi connectivity index (χ2n) is 6.78. The van der Waals surface area contributed by atoms with Crippen molar-refractivity contribution in [2.24, 2.45) is 7.05 Å². The molecule has 4 aromatic rings. The molecule has 2 aromatic carbocycles. The first kappa shape index (κ1) is 20.7. The van der Waals surface area contributed by atoms with E-state index in [0.717, 1.165) is 10.7 Å². The van der Waals surface area contributed by atoms with Crippen molar-refractivity contribution in [1.29, 1.82) is 0 Å². The van der Waals surface area contributed by atoms with Crippen molar-refractivity contribution in [2.75, 3.05) is 5.32 Å². The van der Waals surface area contributed by atoms with Crippen molar-refractivity contribution in [1.82, 2.24) is 9.55 Å². The number of ether oxygens (including phenoxy) is 1. The van der Waals surface area contributed by atoms with Gasteiger partial charge >= 0.3 is 0 Å². The van der Waals surface area contributed by atoms with Crippen molar-refractivity contribution in [3.05, 3.63) is 96.0 Å². The summed E-state index contributed by atoms with van der Waals surface area (Å²) in [7, 11) is 1.92. The Morgan fingerprint density at radius 1 is 1.19 bits per heavy atom. The number of benzene rings is 2. The number of carbonyl (C=O) groups is 1. The molecule has 1 amide bonds. The zero-order chi connectivity index (χ0) is 21.6. The molecule has 2 aromatic heterocycles. The standard InChI is InChI=1S/C23H20FN3O3S/c1-27-11-10-25-23(27)31-15-20-8-9-21(30-20)22(28)26-18-6-2-4-16(12-18)14-29-19-7-3-5-17(24)13-19/h2-13H,14-15H2,1H3,(H,26,28). The number of nitrogens with one attached hydrogen (secondary N) is 1. The summed E-state index contributed by atoms with van der Waals surface area (Å²) in [6.07, 6.45) is 3.61. The molecule has 8 heteroatoms. The number of amides is 1. The van der Waals surface area contributed by atoms with Crippen LogP contribution in [-0.4, -0.2) is 15.5 Å². The summed E-state index contributed by atoms with van der Waals surface area (Å²) in [6, 6.07) is 16.7. The number of carbonyl (C=O) groups excluding carboxylic acids is 1. The highest BCUT2D eigenvalue weighted by molar-refractivity contribution is 7.98. The normalized spacial score (nSPS) is 10.8. The summed E-state index contributed by atoms with van der Waals surface area (Å²) in [5.41, 5.74) is 1.46. The van der Waals surface area contributed by atoms with Crippen LogP contribution in [-0.2, 0) is 19.4 Å². The van der Waals surface area contributed by atoms with Gasteiger partial charge in [-0.1, -0.05) is 30.0 Å². The summed E-state index contributed by atoms with van der Waals surface area (Å²) >= 11 is 1.53. The predicted molar refractivity (Wildman–Crippen MR) is 117 cm³/mol. The summed E-state index contributed by atoms with van der Waals surface area (Å²) < 4.78 is 26.5. The van der Waals surface area contributed by atoms with Gasteiger partial charge in [0.1, 0.15) is 23.9 Å². The van der Waals surface area contributed by atoms with Crippen LogP contribution in [0.2, 0.25) is 0 Å². The van der Waals surface area contributed by atoms with Crippen molar-refractivity contribution < 1.29 is 18.3 Å². The maximum atomic E-state index is 13.3. The second kappa shape index (κ2) is 9.53. The first-order chi connectivity index (χ1) is 15.1. The molecule has 0 aliphatic heterocycles. The summed E-state index contributed by atoms with van der Waals surface area (Å²) in [5, 5.41) is 3.70. The SMILES string of the molecule is Cn1ccnc1SCc1ccc(C(=O)Nc2cccc(COc3cccc(F)c3)c2)o1. The van der Waals surface area contributed by atoms with Gasteiger partial charge < -0.3 is 19.0 Å². The molecule has 1 N–H and O–H groups in total. The summed E-state index contributed by atoms with van der Waals surface area (Å²) in [6.45, 7) is 0.252. The lowest BCUT2D eigenvalue weighted by atomic mass is 10.2. The second-order valence-corrected chi connectivity index (χ2v) is 7.72. The van der Waals surface area contributed by atoms with E-state index in [1.54, 1.807) is 42.6 Å². The fourth-order valence-corrected chi connectivity index (χ4v) is 3.69. The summed E-state index contributed by atoms with van der Waals surface area (Å²) in [4.78, 5) is 16.8. The minimum Gasteiger partial charge on any atom is -0.489 e. The van der Waals surface area contributed by atoms with Gasteiger partial charge in [0.05, 0.1) is 5.75 Å². The predicted octanol–water partition coefficient (Wildman–Crippen LogP) is 5.28. The molecule has 0 atom stereocenters. The van der Waals surface area contributed by atoms with E-state index in [9.17, 15) is 9.18 Å². The van der Waals surface area contributed by atoms with E-state index in [1.165, 1.54) is 23.9 Å². The summed E-state index contributed by atoms with van der Waals surface area (Å²) in [5.74, 6) is 1.25.